The molecule has 2 nitrogen and oxygen atoms in total. The van der Waals surface area contributed by atoms with Crippen LogP contribution in [0.2, 0.25) is 0 Å². The third kappa shape index (κ3) is 2.25. The molecule has 0 spiro atoms. The molecule has 5 aromatic carbocycles. The number of aromatic nitrogens is 2. The fourth-order valence-corrected chi connectivity index (χ4v) is 7.47. The third-order valence-corrected chi connectivity index (χ3v) is 8.87. The summed E-state index contributed by atoms with van der Waals surface area (Å²) < 4.78 is 5.10. The van der Waals surface area contributed by atoms with Crippen LogP contribution in [-0.4, -0.2) is 15.8 Å². The van der Waals surface area contributed by atoms with Crippen molar-refractivity contribution in [2.75, 3.05) is 0 Å². The van der Waals surface area contributed by atoms with E-state index in [-0.39, 0.29) is 6.71 Å². The minimum atomic E-state index is 0.215. The highest BCUT2D eigenvalue weighted by molar-refractivity contribution is 7.00. The molecule has 0 atom stereocenters. The predicted octanol–water partition coefficient (Wildman–Crippen LogP) is 6.26. The van der Waals surface area contributed by atoms with Gasteiger partial charge in [-0.3, -0.25) is 0 Å². The molecule has 0 N–H and O–H groups in total. The molecule has 0 saturated carbocycles. The summed E-state index contributed by atoms with van der Waals surface area (Å²) in [5.74, 6) is 0. The van der Waals surface area contributed by atoms with Crippen LogP contribution < -0.4 is 16.4 Å². The molecule has 0 fully saturated rings. The van der Waals surface area contributed by atoms with E-state index >= 15 is 0 Å². The van der Waals surface area contributed by atoms with Gasteiger partial charge >= 0.3 is 0 Å². The molecule has 0 amide bonds. The first-order chi connectivity index (χ1) is 18.0. The molecule has 174 valence electrons. The number of hydrogen-bond donors (Lipinski definition) is 0. The summed E-state index contributed by atoms with van der Waals surface area (Å²) in [4.78, 5) is 0. The summed E-state index contributed by atoms with van der Waals surface area (Å²) >= 11 is 0. The monoisotopic (exact) mass is 472 g/mol. The van der Waals surface area contributed by atoms with Gasteiger partial charge in [-0.05, 0) is 86.5 Å². The average Bonchev–Trinajstić information content (AvgIpc) is 3.38. The van der Waals surface area contributed by atoms with Crippen LogP contribution in [0.3, 0.4) is 0 Å². The van der Waals surface area contributed by atoms with Crippen LogP contribution in [0.1, 0.15) is 22.3 Å². The summed E-state index contributed by atoms with van der Waals surface area (Å²) in [6.07, 6.45) is 0. The Labute approximate surface area is 215 Å². The van der Waals surface area contributed by atoms with E-state index in [1.165, 1.54) is 93.6 Å². The van der Waals surface area contributed by atoms with Gasteiger partial charge in [-0.1, -0.05) is 58.7 Å². The number of nitrogens with zero attached hydrogens (tertiary/aromatic N) is 2. The van der Waals surface area contributed by atoms with Crippen molar-refractivity contribution in [3.05, 3.63) is 101 Å². The highest BCUT2D eigenvalue weighted by Gasteiger charge is 2.40. The Morgan fingerprint density at radius 1 is 0.459 bits per heavy atom. The lowest BCUT2D eigenvalue weighted by molar-refractivity contribution is 1.16. The smallest absolute Gasteiger partial charge is 0.252 e. The number of rotatable bonds is 0. The van der Waals surface area contributed by atoms with Gasteiger partial charge in [0.15, 0.2) is 0 Å². The average molecular weight is 472 g/mol. The maximum Gasteiger partial charge on any atom is 0.252 e. The molecule has 2 aliphatic heterocycles. The zero-order valence-corrected chi connectivity index (χ0v) is 21.5. The van der Waals surface area contributed by atoms with E-state index in [4.69, 9.17) is 0 Å². The molecule has 2 aliphatic rings. The molecule has 3 heteroatoms. The van der Waals surface area contributed by atoms with Crippen molar-refractivity contribution in [1.82, 2.24) is 9.13 Å². The standard InChI is InChI=1S/C34H25BN2/c1-18-5-9-28-23(13-18)22-8-12-31-32-34(22)36(28)30-11-7-20(3)16-26(30)35(32)27-17-21(4)15-25-24-14-19(2)6-10-29(24)37(31)33(25)27/h5-17H,1-4H3. The van der Waals surface area contributed by atoms with Gasteiger partial charge in [0, 0.05) is 38.4 Å². The van der Waals surface area contributed by atoms with Crippen molar-refractivity contribution in [3.8, 4) is 11.4 Å². The Morgan fingerprint density at radius 3 is 1.78 bits per heavy atom. The third-order valence-electron chi connectivity index (χ3n) is 8.87. The first-order valence-electron chi connectivity index (χ1n) is 13.2. The van der Waals surface area contributed by atoms with Crippen molar-refractivity contribution >= 4 is 66.7 Å². The number of benzene rings is 5. The second-order valence-electron chi connectivity index (χ2n) is 11.4. The van der Waals surface area contributed by atoms with Gasteiger partial charge in [0.25, 0.3) is 6.71 Å². The van der Waals surface area contributed by atoms with E-state index < -0.39 is 0 Å². The summed E-state index contributed by atoms with van der Waals surface area (Å²) in [5, 5.41) is 5.42. The molecule has 0 saturated heterocycles. The number of fused-ring (bicyclic) bond motifs is 11. The Kier molecular flexibility index (Phi) is 3.42. The quantitative estimate of drug-likeness (QED) is 0.231. The molecule has 37 heavy (non-hydrogen) atoms. The minimum Gasteiger partial charge on any atom is -0.310 e. The van der Waals surface area contributed by atoms with Crippen molar-refractivity contribution in [2.45, 2.75) is 27.7 Å². The Bertz CT molecular complexity index is 2190. The van der Waals surface area contributed by atoms with Crippen LogP contribution >= 0.6 is 0 Å². The molecule has 0 aliphatic carbocycles. The van der Waals surface area contributed by atoms with Crippen molar-refractivity contribution < 1.29 is 0 Å². The van der Waals surface area contributed by atoms with Crippen LogP contribution in [0.25, 0.3) is 55.0 Å². The fraction of sp³-hybridized carbons (Fsp3) is 0.118. The van der Waals surface area contributed by atoms with E-state index in [0.29, 0.717) is 0 Å². The number of hydrogen-bond acceptors (Lipinski definition) is 0. The Balaban J connectivity index is 1.60. The molecular weight excluding hydrogens is 447 g/mol. The SMILES string of the molecule is Cc1ccc2c(c1)B1c3cc(C)cc4c5cc(C)ccc5n(c34)-c3ccc4c5cc(C)ccc5n-2c4c31. The summed E-state index contributed by atoms with van der Waals surface area (Å²) in [5.41, 5.74) is 17.5. The lowest BCUT2D eigenvalue weighted by atomic mass is 9.34. The molecule has 2 aromatic heterocycles. The van der Waals surface area contributed by atoms with Gasteiger partial charge in [0.1, 0.15) is 0 Å². The molecule has 0 bridgehead atoms. The molecule has 9 rings (SSSR count). The lowest BCUT2D eigenvalue weighted by Crippen LogP contribution is -2.59. The lowest BCUT2D eigenvalue weighted by Gasteiger charge is -2.33. The zero-order chi connectivity index (χ0) is 24.7. The largest absolute Gasteiger partial charge is 0.310 e. The Hall–Kier alpha value is -4.24. The van der Waals surface area contributed by atoms with Crippen molar-refractivity contribution in [1.29, 1.82) is 0 Å². The molecule has 4 heterocycles. The van der Waals surface area contributed by atoms with E-state index in [0.717, 1.165) is 0 Å². The van der Waals surface area contributed by atoms with E-state index in [9.17, 15) is 0 Å². The topological polar surface area (TPSA) is 9.86 Å². The first-order valence-corrected chi connectivity index (χ1v) is 13.2. The summed E-state index contributed by atoms with van der Waals surface area (Å²) in [7, 11) is 0. The van der Waals surface area contributed by atoms with Crippen LogP contribution in [-0.2, 0) is 0 Å². The summed E-state index contributed by atoms with van der Waals surface area (Å²) in [6, 6.07) is 30.5. The highest BCUT2D eigenvalue weighted by atomic mass is 15.0. The number of aryl methyl sites for hydroxylation is 4. The molecular formula is C34H25BN2. The van der Waals surface area contributed by atoms with Gasteiger partial charge < -0.3 is 9.13 Å². The maximum atomic E-state index is 2.55. The van der Waals surface area contributed by atoms with E-state index in [2.05, 4.69) is 116 Å². The predicted molar refractivity (Wildman–Crippen MR) is 159 cm³/mol. The van der Waals surface area contributed by atoms with Gasteiger partial charge in [-0.2, -0.15) is 0 Å². The second kappa shape index (κ2) is 6.36. The maximum absolute atomic E-state index is 2.55. The van der Waals surface area contributed by atoms with Crippen molar-refractivity contribution in [3.63, 3.8) is 0 Å². The molecule has 0 radical (unpaired) electrons. The van der Waals surface area contributed by atoms with Gasteiger partial charge in [-0.25, -0.2) is 0 Å². The van der Waals surface area contributed by atoms with Gasteiger partial charge in [0.05, 0.1) is 16.6 Å². The van der Waals surface area contributed by atoms with Crippen LogP contribution in [0, 0.1) is 27.7 Å². The second-order valence-corrected chi connectivity index (χ2v) is 11.4. The fourth-order valence-electron chi connectivity index (χ4n) is 7.47. The van der Waals surface area contributed by atoms with E-state index in [1.54, 1.807) is 0 Å². The normalized spacial score (nSPS) is 13.4. The molecule has 7 aromatic rings. The van der Waals surface area contributed by atoms with Crippen LogP contribution in [0.5, 0.6) is 0 Å². The van der Waals surface area contributed by atoms with Crippen LogP contribution in [0.15, 0.2) is 78.9 Å². The van der Waals surface area contributed by atoms with Crippen LogP contribution in [0.4, 0.5) is 0 Å². The Morgan fingerprint density at radius 2 is 1.03 bits per heavy atom. The summed E-state index contributed by atoms with van der Waals surface area (Å²) in [6.45, 7) is 9.09. The first kappa shape index (κ1) is 19.9. The van der Waals surface area contributed by atoms with Gasteiger partial charge in [0.2, 0.25) is 0 Å². The van der Waals surface area contributed by atoms with E-state index in [1.807, 2.05) is 0 Å². The highest BCUT2D eigenvalue weighted by Crippen LogP contribution is 2.40. The van der Waals surface area contributed by atoms with Gasteiger partial charge in [-0.15, -0.1) is 0 Å². The van der Waals surface area contributed by atoms with Crippen molar-refractivity contribution in [2.24, 2.45) is 0 Å². The molecule has 0 unspecified atom stereocenters. The zero-order valence-electron chi connectivity index (χ0n) is 21.5. The minimum absolute atomic E-state index is 0.215.